The van der Waals surface area contributed by atoms with Crippen molar-refractivity contribution in [1.29, 1.82) is 0 Å². The van der Waals surface area contributed by atoms with Gasteiger partial charge in [-0.2, -0.15) is 0 Å². The minimum Gasteiger partial charge on any atom is -0.459 e. The summed E-state index contributed by atoms with van der Waals surface area (Å²) < 4.78 is 5.31. The van der Waals surface area contributed by atoms with Crippen molar-refractivity contribution in [3.63, 3.8) is 0 Å². The van der Waals surface area contributed by atoms with Crippen LogP contribution in [0.5, 0.6) is 0 Å². The third-order valence-corrected chi connectivity index (χ3v) is 4.93. The summed E-state index contributed by atoms with van der Waals surface area (Å²) in [6, 6.07) is 4.62. The SMILES string of the molecule is CN=C(NCC(=O)OC(C)(C)C)NCC(c1cccs1)N1CCCC1.I. The molecule has 2 N–H and O–H groups in total. The molecular weight excluding hydrogens is 463 g/mol. The number of hydrogen-bond donors (Lipinski definition) is 2. The molecule has 0 aromatic carbocycles. The number of nitrogens with one attached hydrogen (secondary N) is 2. The molecule has 6 nitrogen and oxygen atoms in total. The minimum absolute atomic E-state index is 0. The van der Waals surface area contributed by atoms with Gasteiger partial charge in [-0.25, -0.2) is 0 Å². The van der Waals surface area contributed by atoms with Crippen LogP contribution in [-0.4, -0.2) is 55.7 Å². The molecule has 0 saturated carbocycles. The van der Waals surface area contributed by atoms with Crippen LogP contribution in [0, 0.1) is 0 Å². The zero-order valence-corrected chi connectivity index (χ0v) is 19.2. The van der Waals surface area contributed by atoms with Crippen LogP contribution in [0.15, 0.2) is 22.5 Å². The molecule has 1 atom stereocenters. The molecule has 26 heavy (non-hydrogen) atoms. The van der Waals surface area contributed by atoms with Gasteiger partial charge in [0.1, 0.15) is 12.1 Å². The highest BCUT2D eigenvalue weighted by Crippen LogP contribution is 2.27. The van der Waals surface area contributed by atoms with Crippen LogP contribution in [0.3, 0.4) is 0 Å². The van der Waals surface area contributed by atoms with Crippen LogP contribution in [0.25, 0.3) is 0 Å². The van der Waals surface area contributed by atoms with Gasteiger partial charge in [0.2, 0.25) is 0 Å². The van der Waals surface area contributed by atoms with Crippen LogP contribution in [0.1, 0.15) is 44.5 Å². The maximum atomic E-state index is 11.8. The number of carbonyl (C=O) groups excluding carboxylic acids is 1. The first-order valence-electron chi connectivity index (χ1n) is 8.83. The van der Waals surface area contributed by atoms with Gasteiger partial charge < -0.3 is 15.4 Å². The fourth-order valence-corrected chi connectivity index (χ4v) is 3.75. The summed E-state index contributed by atoms with van der Waals surface area (Å²) in [5.41, 5.74) is -0.476. The summed E-state index contributed by atoms with van der Waals surface area (Å²) in [7, 11) is 1.71. The normalized spacial score (nSPS) is 16.7. The Bertz CT molecular complexity index is 566. The van der Waals surface area contributed by atoms with Crippen molar-refractivity contribution in [3.8, 4) is 0 Å². The third-order valence-electron chi connectivity index (χ3n) is 3.96. The summed E-state index contributed by atoms with van der Waals surface area (Å²) in [5.74, 6) is 0.330. The fourth-order valence-electron chi connectivity index (χ4n) is 2.89. The third kappa shape index (κ3) is 7.79. The first-order valence-corrected chi connectivity index (χ1v) is 9.71. The molecule has 1 aliphatic rings. The second kappa shape index (κ2) is 11.1. The van der Waals surface area contributed by atoms with E-state index in [1.165, 1.54) is 17.7 Å². The smallest absolute Gasteiger partial charge is 0.325 e. The van der Waals surface area contributed by atoms with Crippen molar-refractivity contribution in [2.24, 2.45) is 4.99 Å². The molecular formula is C18H31IN4O2S. The number of halogens is 1. The number of ether oxygens (including phenoxy) is 1. The highest BCUT2D eigenvalue weighted by atomic mass is 127. The molecule has 1 saturated heterocycles. The summed E-state index contributed by atoms with van der Waals surface area (Å²) in [6.45, 7) is 8.71. The maximum Gasteiger partial charge on any atom is 0.325 e. The molecule has 0 aliphatic carbocycles. The van der Waals surface area contributed by atoms with E-state index in [0.29, 0.717) is 12.0 Å². The molecule has 0 spiro atoms. The molecule has 2 rings (SSSR count). The second-order valence-corrected chi connectivity index (χ2v) is 8.15. The van der Waals surface area contributed by atoms with E-state index >= 15 is 0 Å². The second-order valence-electron chi connectivity index (χ2n) is 7.17. The topological polar surface area (TPSA) is 66.0 Å². The number of carbonyl (C=O) groups is 1. The maximum absolute atomic E-state index is 11.8. The van der Waals surface area contributed by atoms with E-state index in [1.54, 1.807) is 18.4 Å². The minimum atomic E-state index is -0.476. The molecule has 2 heterocycles. The van der Waals surface area contributed by atoms with Crippen LogP contribution in [-0.2, 0) is 9.53 Å². The molecule has 0 bridgehead atoms. The van der Waals surface area contributed by atoms with Gasteiger partial charge in [0.15, 0.2) is 5.96 Å². The predicted molar refractivity (Wildman–Crippen MR) is 118 cm³/mol. The van der Waals surface area contributed by atoms with E-state index in [1.807, 2.05) is 20.8 Å². The van der Waals surface area contributed by atoms with Gasteiger partial charge >= 0.3 is 5.97 Å². The Labute approximate surface area is 177 Å². The Kier molecular flexibility index (Phi) is 9.88. The Morgan fingerprint density at radius 2 is 2.04 bits per heavy atom. The van der Waals surface area contributed by atoms with Gasteiger partial charge in [-0.1, -0.05) is 6.07 Å². The number of guanidine groups is 1. The molecule has 1 aromatic rings. The number of esters is 1. The van der Waals surface area contributed by atoms with E-state index in [9.17, 15) is 4.79 Å². The van der Waals surface area contributed by atoms with E-state index in [-0.39, 0.29) is 36.5 Å². The number of likely N-dealkylation sites (tertiary alicyclic amines) is 1. The Hall–Kier alpha value is -0.870. The Morgan fingerprint density at radius 1 is 1.35 bits per heavy atom. The molecule has 1 aliphatic heterocycles. The van der Waals surface area contributed by atoms with Crippen molar-refractivity contribution >= 4 is 47.2 Å². The number of aliphatic imine (C=N–C) groups is 1. The molecule has 0 amide bonds. The van der Waals surface area contributed by atoms with Crippen LogP contribution >= 0.6 is 35.3 Å². The first-order chi connectivity index (χ1) is 11.9. The zero-order chi connectivity index (χ0) is 18.3. The molecule has 0 radical (unpaired) electrons. The van der Waals surface area contributed by atoms with Gasteiger partial charge in [0.25, 0.3) is 0 Å². The quantitative estimate of drug-likeness (QED) is 0.276. The number of thiophene rings is 1. The average molecular weight is 494 g/mol. The molecule has 1 unspecified atom stereocenters. The fraction of sp³-hybridized carbons (Fsp3) is 0.667. The van der Waals surface area contributed by atoms with Crippen LogP contribution < -0.4 is 10.6 Å². The largest absolute Gasteiger partial charge is 0.459 e. The van der Waals surface area contributed by atoms with Crippen LogP contribution in [0.4, 0.5) is 0 Å². The lowest BCUT2D eigenvalue weighted by molar-refractivity contribution is -0.153. The first kappa shape index (κ1) is 23.2. The van der Waals surface area contributed by atoms with Gasteiger partial charge in [-0.15, -0.1) is 35.3 Å². The summed E-state index contributed by atoms with van der Waals surface area (Å²) in [5, 5.41) is 8.50. The molecule has 1 fully saturated rings. The molecule has 148 valence electrons. The Morgan fingerprint density at radius 3 is 2.58 bits per heavy atom. The van der Waals surface area contributed by atoms with Crippen molar-refractivity contribution in [3.05, 3.63) is 22.4 Å². The van der Waals surface area contributed by atoms with Crippen molar-refractivity contribution in [2.45, 2.75) is 45.3 Å². The standard InChI is InChI=1S/C18H30N4O2S.HI/c1-18(2,3)24-16(23)13-21-17(19-4)20-12-14(15-8-7-11-25-15)22-9-5-6-10-22;/h7-8,11,14H,5-6,9-10,12-13H2,1-4H3,(H2,19,20,21);1H. The number of hydrogen-bond acceptors (Lipinski definition) is 5. The number of rotatable bonds is 6. The van der Waals surface area contributed by atoms with Crippen molar-refractivity contribution < 1.29 is 9.53 Å². The van der Waals surface area contributed by atoms with Gasteiger partial charge in [-0.3, -0.25) is 14.7 Å². The number of nitrogens with zero attached hydrogens (tertiary/aromatic N) is 2. The van der Waals surface area contributed by atoms with Gasteiger partial charge in [0.05, 0.1) is 6.04 Å². The van der Waals surface area contributed by atoms with E-state index in [2.05, 4.69) is 38.0 Å². The zero-order valence-electron chi connectivity index (χ0n) is 16.1. The lowest BCUT2D eigenvalue weighted by Crippen LogP contribution is -2.44. The monoisotopic (exact) mass is 494 g/mol. The summed E-state index contributed by atoms with van der Waals surface area (Å²) in [6.07, 6.45) is 2.51. The molecule has 8 heteroatoms. The average Bonchev–Trinajstić information content (AvgIpc) is 3.22. The van der Waals surface area contributed by atoms with E-state index in [0.717, 1.165) is 19.6 Å². The van der Waals surface area contributed by atoms with E-state index in [4.69, 9.17) is 4.74 Å². The van der Waals surface area contributed by atoms with Crippen molar-refractivity contribution in [2.75, 3.05) is 33.2 Å². The highest BCUT2D eigenvalue weighted by Gasteiger charge is 2.24. The van der Waals surface area contributed by atoms with Gasteiger partial charge in [0, 0.05) is 18.5 Å². The summed E-state index contributed by atoms with van der Waals surface area (Å²) in [4.78, 5) is 19.9. The highest BCUT2D eigenvalue weighted by molar-refractivity contribution is 14.0. The van der Waals surface area contributed by atoms with Crippen LogP contribution in [0.2, 0.25) is 0 Å². The lowest BCUT2D eigenvalue weighted by atomic mass is 10.2. The molecule has 1 aromatic heterocycles. The predicted octanol–water partition coefficient (Wildman–Crippen LogP) is 3.01. The summed E-state index contributed by atoms with van der Waals surface area (Å²) >= 11 is 1.79. The van der Waals surface area contributed by atoms with E-state index < -0.39 is 5.60 Å². The Balaban J connectivity index is 0.00000338. The lowest BCUT2D eigenvalue weighted by Gasteiger charge is -2.27. The van der Waals surface area contributed by atoms with Gasteiger partial charge in [-0.05, 0) is 58.1 Å². The van der Waals surface area contributed by atoms with Crippen molar-refractivity contribution in [1.82, 2.24) is 15.5 Å².